The molecule has 0 spiro atoms. The molecule has 8 nitrogen and oxygen atoms in total. The van der Waals surface area contributed by atoms with E-state index in [2.05, 4.69) is 44.5 Å². The van der Waals surface area contributed by atoms with E-state index in [4.69, 9.17) is 0 Å². The highest BCUT2D eigenvalue weighted by Gasteiger charge is 2.22. The number of piperazine rings is 1. The maximum atomic E-state index is 12.7. The molecule has 2 fully saturated rings. The molecule has 2 N–H and O–H groups in total. The predicted octanol–water partition coefficient (Wildman–Crippen LogP) is 3.49. The fourth-order valence-electron chi connectivity index (χ4n) is 4.75. The fraction of sp³-hybridized carbons (Fsp3) is 0.519. The average molecular weight is 479 g/mol. The maximum Gasteiger partial charge on any atom is 0.317 e. The quantitative estimate of drug-likeness (QED) is 0.637. The number of para-hydroxylation sites is 1. The molecule has 0 radical (unpaired) electrons. The molecule has 0 unspecified atom stereocenters. The Kier molecular flexibility index (Phi) is 8.95. The number of anilines is 2. The zero-order valence-corrected chi connectivity index (χ0v) is 20.8. The highest BCUT2D eigenvalue weighted by molar-refractivity contribution is 5.93. The monoisotopic (exact) mass is 478 g/mol. The van der Waals surface area contributed by atoms with Gasteiger partial charge in [-0.3, -0.25) is 9.69 Å². The first kappa shape index (κ1) is 25.0. The van der Waals surface area contributed by atoms with Crippen molar-refractivity contribution < 1.29 is 9.59 Å². The SMILES string of the molecule is CCc1ccccc1NC(=O)CN1CCN(C(=O)NCc2ccc(N3CCCCCC3)nc2)CC1. The molecular formula is C27H38N6O2. The second-order valence-electron chi connectivity index (χ2n) is 9.41. The molecule has 0 saturated carbocycles. The van der Waals surface area contributed by atoms with Crippen LogP contribution in [0.15, 0.2) is 42.6 Å². The van der Waals surface area contributed by atoms with Crippen LogP contribution in [0.2, 0.25) is 0 Å². The van der Waals surface area contributed by atoms with Crippen molar-refractivity contribution in [3.8, 4) is 0 Å². The van der Waals surface area contributed by atoms with Crippen molar-refractivity contribution in [2.24, 2.45) is 0 Å². The molecule has 2 aliphatic rings. The lowest BCUT2D eigenvalue weighted by Crippen LogP contribution is -2.52. The Hall–Kier alpha value is -3.13. The van der Waals surface area contributed by atoms with Crippen LogP contribution in [0.1, 0.15) is 43.7 Å². The Morgan fingerprint density at radius 3 is 2.34 bits per heavy atom. The summed E-state index contributed by atoms with van der Waals surface area (Å²) in [5.74, 6) is 1.01. The van der Waals surface area contributed by atoms with Gasteiger partial charge in [0.05, 0.1) is 6.54 Å². The second kappa shape index (κ2) is 12.5. The van der Waals surface area contributed by atoms with E-state index >= 15 is 0 Å². The van der Waals surface area contributed by atoms with Gasteiger partial charge >= 0.3 is 6.03 Å². The van der Waals surface area contributed by atoms with Gasteiger partial charge in [-0.25, -0.2) is 9.78 Å². The van der Waals surface area contributed by atoms with E-state index in [1.807, 2.05) is 35.4 Å². The molecule has 8 heteroatoms. The Bertz CT molecular complexity index is 964. The van der Waals surface area contributed by atoms with Gasteiger partial charge in [-0.05, 0) is 42.5 Å². The van der Waals surface area contributed by atoms with Crippen LogP contribution in [-0.2, 0) is 17.8 Å². The number of rotatable bonds is 7. The number of carbonyl (C=O) groups excluding carboxylic acids is 2. The third kappa shape index (κ3) is 7.18. The normalized spacial score (nSPS) is 17.1. The number of benzene rings is 1. The molecule has 0 aliphatic carbocycles. The van der Waals surface area contributed by atoms with Gasteiger partial charge in [-0.2, -0.15) is 0 Å². The van der Waals surface area contributed by atoms with Crippen LogP contribution in [-0.4, -0.2) is 72.5 Å². The van der Waals surface area contributed by atoms with Crippen molar-refractivity contribution in [1.29, 1.82) is 0 Å². The largest absolute Gasteiger partial charge is 0.357 e. The molecule has 1 aromatic heterocycles. The Morgan fingerprint density at radius 1 is 0.914 bits per heavy atom. The standard InChI is InChI=1S/C27H38N6O2/c1-2-23-9-5-6-10-24(23)30-26(34)21-31-15-17-33(18-16-31)27(35)29-20-22-11-12-25(28-19-22)32-13-7-3-4-8-14-32/h5-6,9-12,19H,2-4,7-8,13-18,20-21H2,1H3,(H,29,35)(H,30,34). The first-order valence-electron chi connectivity index (χ1n) is 12.9. The molecule has 3 heterocycles. The minimum atomic E-state index is -0.0671. The molecule has 1 aromatic carbocycles. The van der Waals surface area contributed by atoms with Gasteiger partial charge in [-0.15, -0.1) is 0 Å². The summed E-state index contributed by atoms with van der Waals surface area (Å²) in [7, 11) is 0. The van der Waals surface area contributed by atoms with Crippen LogP contribution in [0, 0.1) is 0 Å². The summed E-state index contributed by atoms with van der Waals surface area (Å²) >= 11 is 0. The van der Waals surface area contributed by atoms with Gasteiger partial charge in [0, 0.05) is 57.7 Å². The lowest BCUT2D eigenvalue weighted by atomic mass is 10.1. The van der Waals surface area contributed by atoms with E-state index in [0.29, 0.717) is 39.3 Å². The number of aromatic nitrogens is 1. The van der Waals surface area contributed by atoms with Gasteiger partial charge in [0.15, 0.2) is 0 Å². The number of pyridine rings is 1. The maximum absolute atomic E-state index is 12.7. The van der Waals surface area contributed by atoms with E-state index < -0.39 is 0 Å². The van der Waals surface area contributed by atoms with E-state index in [9.17, 15) is 9.59 Å². The Morgan fingerprint density at radius 2 is 1.66 bits per heavy atom. The Balaban J connectivity index is 1.17. The summed E-state index contributed by atoms with van der Waals surface area (Å²) in [6.45, 7) is 7.61. The lowest BCUT2D eigenvalue weighted by molar-refractivity contribution is -0.117. The van der Waals surface area contributed by atoms with Crippen LogP contribution in [0.4, 0.5) is 16.3 Å². The van der Waals surface area contributed by atoms with E-state index in [1.165, 1.54) is 25.7 Å². The summed E-state index contributed by atoms with van der Waals surface area (Å²) in [6, 6.07) is 12.0. The minimum Gasteiger partial charge on any atom is -0.357 e. The number of urea groups is 1. The molecule has 2 saturated heterocycles. The molecule has 0 atom stereocenters. The van der Waals surface area contributed by atoms with Crippen molar-refractivity contribution in [2.45, 2.75) is 45.6 Å². The third-order valence-corrected chi connectivity index (χ3v) is 6.88. The first-order valence-corrected chi connectivity index (χ1v) is 12.9. The van der Waals surface area contributed by atoms with Crippen LogP contribution < -0.4 is 15.5 Å². The topological polar surface area (TPSA) is 80.8 Å². The molecule has 4 rings (SSSR count). The van der Waals surface area contributed by atoms with Crippen LogP contribution >= 0.6 is 0 Å². The predicted molar refractivity (Wildman–Crippen MR) is 140 cm³/mol. The first-order chi connectivity index (χ1) is 17.1. The molecule has 3 amide bonds. The number of nitrogens with zero attached hydrogens (tertiary/aromatic N) is 4. The van der Waals surface area contributed by atoms with Crippen molar-refractivity contribution in [3.63, 3.8) is 0 Å². The van der Waals surface area contributed by atoms with Crippen LogP contribution in [0.3, 0.4) is 0 Å². The van der Waals surface area contributed by atoms with Crippen molar-refractivity contribution in [2.75, 3.05) is 56.0 Å². The summed E-state index contributed by atoms with van der Waals surface area (Å²) in [5, 5.41) is 6.04. The number of hydrogen-bond acceptors (Lipinski definition) is 5. The highest BCUT2D eigenvalue weighted by atomic mass is 16.2. The van der Waals surface area contributed by atoms with E-state index in [0.717, 1.165) is 42.1 Å². The van der Waals surface area contributed by atoms with Crippen molar-refractivity contribution in [3.05, 3.63) is 53.7 Å². The lowest BCUT2D eigenvalue weighted by Gasteiger charge is -2.34. The summed E-state index contributed by atoms with van der Waals surface area (Å²) in [4.78, 5) is 36.1. The number of nitrogens with one attached hydrogen (secondary N) is 2. The van der Waals surface area contributed by atoms with Gasteiger partial charge in [-0.1, -0.05) is 44.0 Å². The number of aryl methyl sites for hydroxylation is 1. The molecule has 2 aliphatic heterocycles. The minimum absolute atomic E-state index is 0.0140. The highest BCUT2D eigenvalue weighted by Crippen LogP contribution is 2.18. The summed E-state index contributed by atoms with van der Waals surface area (Å²) < 4.78 is 0. The zero-order chi connectivity index (χ0) is 24.5. The van der Waals surface area contributed by atoms with Crippen molar-refractivity contribution >= 4 is 23.4 Å². The Labute approximate surface area is 208 Å². The fourth-order valence-corrected chi connectivity index (χ4v) is 4.75. The zero-order valence-electron chi connectivity index (χ0n) is 20.8. The van der Waals surface area contributed by atoms with Crippen LogP contribution in [0.25, 0.3) is 0 Å². The molecule has 2 aromatic rings. The number of carbonyl (C=O) groups is 2. The molecule has 35 heavy (non-hydrogen) atoms. The number of hydrogen-bond donors (Lipinski definition) is 2. The van der Waals surface area contributed by atoms with Gasteiger partial charge in [0.2, 0.25) is 5.91 Å². The second-order valence-corrected chi connectivity index (χ2v) is 9.41. The summed E-state index contributed by atoms with van der Waals surface area (Å²) in [6.07, 6.45) is 7.80. The number of amides is 3. The molecule has 188 valence electrons. The van der Waals surface area contributed by atoms with Crippen molar-refractivity contribution in [1.82, 2.24) is 20.1 Å². The van der Waals surface area contributed by atoms with Gasteiger partial charge in [0.1, 0.15) is 5.82 Å². The average Bonchev–Trinajstić information content (AvgIpc) is 3.18. The third-order valence-electron chi connectivity index (χ3n) is 6.88. The van der Waals surface area contributed by atoms with E-state index in [1.54, 1.807) is 0 Å². The van der Waals surface area contributed by atoms with Gasteiger partial charge < -0.3 is 20.4 Å². The summed E-state index contributed by atoms with van der Waals surface area (Å²) in [5.41, 5.74) is 3.01. The smallest absolute Gasteiger partial charge is 0.317 e. The van der Waals surface area contributed by atoms with Crippen LogP contribution in [0.5, 0.6) is 0 Å². The van der Waals surface area contributed by atoms with E-state index in [-0.39, 0.29) is 11.9 Å². The van der Waals surface area contributed by atoms with Gasteiger partial charge in [0.25, 0.3) is 0 Å². The molecular weight excluding hydrogens is 440 g/mol. The molecule has 0 bridgehead atoms.